The number of nitrogens with one attached hydrogen (secondary N) is 2. The minimum absolute atomic E-state index is 0.00212. The molecule has 2 aromatic carbocycles. The van der Waals surface area contributed by atoms with Crippen molar-refractivity contribution in [2.24, 2.45) is 5.92 Å². The Bertz CT molecular complexity index is 950. The second kappa shape index (κ2) is 15.5. The zero-order valence-corrected chi connectivity index (χ0v) is 20.2. The van der Waals surface area contributed by atoms with Crippen LogP contribution < -0.4 is 20.3 Å². The zero-order chi connectivity index (χ0) is 25.5. The quantitative estimate of drug-likeness (QED) is 0.144. The van der Waals surface area contributed by atoms with Crippen molar-refractivity contribution >= 4 is 17.6 Å². The number of rotatable bonds is 16. The van der Waals surface area contributed by atoms with Crippen molar-refractivity contribution in [3.63, 3.8) is 0 Å². The van der Waals surface area contributed by atoms with Crippen molar-refractivity contribution in [1.29, 1.82) is 0 Å². The molecule has 9 heteroatoms. The number of aryl methyl sites for hydroxylation is 1. The molecule has 35 heavy (non-hydrogen) atoms. The molecule has 0 spiro atoms. The van der Waals surface area contributed by atoms with E-state index in [1.165, 1.54) is 0 Å². The number of hydrogen-bond donors (Lipinski definition) is 3. The van der Waals surface area contributed by atoms with Gasteiger partial charge in [-0.3, -0.25) is 19.6 Å². The third kappa shape index (κ3) is 10.2. The molecule has 0 unspecified atom stereocenters. The molecular formula is C26H34N2O7. The van der Waals surface area contributed by atoms with Crippen molar-refractivity contribution in [2.45, 2.75) is 32.1 Å². The summed E-state index contributed by atoms with van der Waals surface area (Å²) in [5, 5.41) is 11.5. The standard InChI is InChI=1S/C26H34N2O7/c1-33-13-14-35-23-16-19(15-22(17-23)34-2)7-6-10-21(11-12-25(30)28-32)26(31)27-18-24(29)20-8-4-3-5-9-20/h3-5,8-9,15-17,21,32H,6-7,10-14,18H2,1-2H3,(H,27,31)(H,28,30)/t21-/m1/s1. The number of benzene rings is 2. The molecule has 2 aromatic rings. The number of Topliss-reactive ketones (excluding diaryl/α,β-unsaturated/α-hetero) is 1. The summed E-state index contributed by atoms with van der Waals surface area (Å²) in [4.78, 5) is 36.7. The fourth-order valence-electron chi connectivity index (χ4n) is 3.58. The third-order valence-electron chi connectivity index (χ3n) is 5.48. The summed E-state index contributed by atoms with van der Waals surface area (Å²) < 4.78 is 16.1. The van der Waals surface area contributed by atoms with Gasteiger partial charge in [-0.2, -0.15) is 0 Å². The van der Waals surface area contributed by atoms with Crippen molar-refractivity contribution in [3.8, 4) is 11.5 Å². The first-order valence-electron chi connectivity index (χ1n) is 11.6. The van der Waals surface area contributed by atoms with E-state index >= 15 is 0 Å². The number of ketones is 1. The van der Waals surface area contributed by atoms with Crippen LogP contribution in [0, 0.1) is 5.92 Å². The van der Waals surface area contributed by atoms with Crippen LogP contribution in [0.15, 0.2) is 48.5 Å². The predicted octanol–water partition coefficient (Wildman–Crippen LogP) is 2.94. The van der Waals surface area contributed by atoms with Crippen LogP contribution in [0.25, 0.3) is 0 Å². The molecule has 0 aliphatic rings. The predicted molar refractivity (Wildman–Crippen MR) is 130 cm³/mol. The molecule has 190 valence electrons. The van der Waals surface area contributed by atoms with Crippen molar-refractivity contribution in [2.75, 3.05) is 34.0 Å². The molecule has 9 nitrogen and oxygen atoms in total. The molecule has 0 aliphatic carbocycles. The minimum Gasteiger partial charge on any atom is -0.497 e. The fourth-order valence-corrected chi connectivity index (χ4v) is 3.58. The van der Waals surface area contributed by atoms with Crippen LogP contribution in [-0.4, -0.2) is 56.8 Å². The van der Waals surface area contributed by atoms with Crippen LogP contribution >= 0.6 is 0 Å². The van der Waals surface area contributed by atoms with Crippen LogP contribution in [0.3, 0.4) is 0 Å². The maximum absolute atomic E-state index is 12.8. The molecule has 2 rings (SSSR count). The van der Waals surface area contributed by atoms with E-state index in [2.05, 4.69) is 5.32 Å². The van der Waals surface area contributed by atoms with E-state index in [-0.39, 0.29) is 31.1 Å². The summed E-state index contributed by atoms with van der Waals surface area (Å²) in [7, 11) is 3.19. The van der Waals surface area contributed by atoms with E-state index in [1.54, 1.807) is 50.0 Å². The summed E-state index contributed by atoms with van der Waals surface area (Å²) in [6.45, 7) is 0.765. The lowest BCUT2D eigenvalue weighted by Gasteiger charge is -2.17. The minimum atomic E-state index is -0.561. The smallest absolute Gasteiger partial charge is 0.243 e. The third-order valence-corrected chi connectivity index (χ3v) is 5.48. The Morgan fingerprint density at radius 2 is 1.71 bits per heavy atom. The molecule has 0 saturated heterocycles. The number of methoxy groups -OCH3 is 2. The molecule has 0 aliphatic heterocycles. The molecule has 0 fully saturated rings. The number of amides is 2. The highest BCUT2D eigenvalue weighted by Gasteiger charge is 2.20. The average molecular weight is 487 g/mol. The number of hydrogen-bond acceptors (Lipinski definition) is 7. The Morgan fingerprint density at radius 1 is 0.971 bits per heavy atom. The number of carbonyl (C=O) groups excluding carboxylic acids is 3. The van der Waals surface area contributed by atoms with Crippen LogP contribution in [0.4, 0.5) is 0 Å². The summed E-state index contributed by atoms with van der Waals surface area (Å²) in [6.07, 6.45) is 2.08. The first-order valence-corrected chi connectivity index (χ1v) is 11.6. The van der Waals surface area contributed by atoms with Gasteiger partial charge in [0.05, 0.1) is 20.3 Å². The van der Waals surface area contributed by atoms with Crippen molar-refractivity contribution in [1.82, 2.24) is 10.8 Å². The van der Waals surface area contributed by atoms with Crippen LogP contribution in [0.2, 0.25) is 0 Å². The lowest BCUT2D eigenvalue weighted by atomic mass is 9.94. The monoisotopic (exact) mass is 486 g/mol. The lowest BCUT2D eigenvalue weighted by molar-refractivity contribution is -0.130. The first-order chi connectivity index (χ1) is 17.0. The Labute approximate surface area is 205 Å². The van der Waals surface area contributed by atoms with Gasteiger partial charge in [0.25, 0.3) is 0 Å². The summed E-state index contributed by atoms with van der Waals surface area (Å²) in [6, 6.07) is 14.4. The van der Waals surface area contributed by atoms with Gasteiger partial charge in [-0.05, 0) is 43.4 Å². The molecule has 0 radical (unpaired) electrons. The Hall–Kier alpha value is -3.43. The van der Waals surface area contributed by atoms with E-state index in [0.717, 1.165) is 5.56 Å². The van der Waals surface area contributed by atoms with Gasteiger partial charge >= 0.3 is 0 Å². The van der Waals surface area contributed by atoms with E-state index in [1.807, 2.05) is 18.2 Å². The van der Waals surface area contributed by atoms with Gasteiger partial charge in [-0.15, -0.1) is 0 Å². The van der Waals surface area contributed by atoms with Crippen molar-refractivity contribution in [3.05, 3.63) is 59.7 Å². The van der Waals surface area contributed by atoms with E-state index < -0.39 is 11.8 Å². The Balaban J connectivity index is 1.96. The molecule has 2 amide bonds. The largest absolute Gasteiger partial charge is 0.497 e. The van der Waals surface area contributed by atoms with Gasteiger partial charge in [0.15, 0.2) is 5.78 Å². The van der Waals surface area contributed by atoms with E-state index in [9.17, 15) is 14.4 Å². The van der Waals surface area contributed by atoms with Crippen LogP contribution in [-0.2, 0) is 20.7 Å². The molecule has 0 saturated carbocycles. The van der Waals surface area contributed by atoms with Crippen molar-refractivity contribution < 1.29 is 33.8 Å². The second-order valence-electron chi connectivity index (χ2n) is 8.03. The Morgan fingerprint density at radius 3 is 2.40 bits per heavy atom. The normalized spacial score (nSPS) is 11.4. The SMILES string of the molecule is COCCOc1cc(CCC[C@H](CCC(=O)NO)C(=O)NCC(=O)c2ccccc2)cc(OC)c1. The molecule has 0 bridgehead atoms. The number of hydroxylamine groups is 1. The van der Waals surface area contributed by atoms with Gasteiger partial charge in [0.1, 0.15) is 18.1 Å². The molecule has 0 heterocycles. The summed E-state index contributed by atoms with van der Waals surface area (Å²) in [5.74, 6) is -0.196. The topological polar surface area (TPSA) is 123 Å². The Kier molecular flexibility index (Phi) is 12.3. The summed E-state index contributed by atoms with van der Waals surface area (Å²) in [5.41, 5.74) is 3.10. The lowest BCUT2D eigenvalue weighted by Crippen LogP contribution is -2.35. The van der Waals surface area contributed by atoms with Crippen LogP contribution in [0.5, 0.6) is 11.5 Å². The van der Waals surface area contributed by atoms with Gasteiger partial charge < -0.3 is 19.5 Å². The van der Waals surface area contributed by atoms with E-state index in [4.69, 9.17) is 19.4 Å². The average Bonchev–Trinajstić information content (AvgIpc) is 2.89. The molecule has 0 aromatic heterocycles. The molecule has 1 atom stereocenters. The van der Waals surface area contributed by atoms with Gasteiger partial charge in [-0.25, -0.2) is 5.48 Å². The first kappa shape index (κ1) is 27.8. The van der Waals surface area contributed by atoms with Gasteiger partial charge in [0.2, 0.25) is 11.8 Å². The van der Waals surface area contributed by atoms with Gasteiger partial charge in [-0.1, -0.05) is 30.3 Å². The maximum atomic E-state index is 12.8. The highest BCUT2D eigenvalue weighted by molar-refractivity contribution is 5.99. The highest BCUT2D eigenvalue weighted by Crippen LogP contribution is 2.25. The zero-order valence-electron chi connectivity index (χ0n) is 20.2. The number of ether oxygens (including phenoxy) is 3. The van der Waals surface area contributed by atoms with E-state index in [0.29, 0.717) is 49.5 Å². The van der Waals surface area contributed by atoms with Gasteiger partial charge in [0, 0.05) is 31.1 Å². The molecule has 3 N–H and O–H groups in total. The summed E-state index contributed by atoms with van der Waals surface area (Å²) >= 11 is 0. The fraction of sp³-hybridized carbons (Fsp3) is 0.423. The maximum Gasteiger partial charge on any atom is 0.243 e. The molecular weight excluding hydrogens is 452 g/mol. The highest BCUT2D eigenvalue weighted by atomic mass is 16.5. The second-order valence-corrected chi connectivity index (χ2v) is 8.03. The van der Waals surface area contributed by atoms with Crippen LogP contribution in [0.1, 0.15) is 41.6 Å². The number of carbonyl (C=O) groups is 3.